The van der Waals surface area contributed by atoms with Crippen LogP contribution in [-0.4, -0.2) is 36.1 Å². The first-order valence-electron chi connectivity index (χ1n) is 7.36. The lowest BCUT2D eigenvalue weighted by Gasteiger charge is -2.28. The summed E-state index contributed by atoms with van der Waals surface area (Å²) in [5.74, 6) is 0.757. The third-order valence-electron chi connectivity index (χ3n) is 4.01. The Bertz CT molecular complexity index is 454. The van der Waals surface area contributed by atoms with Crippen LogP contribution in [0, 0.1) is 5.92 Å². The predicted molar refractivity (Wildman–Crippen MR) is 79.5 cm³/mol. The summed E-state index contributed by atoms with van der Waals surface area (Å²) >= 11 is 1.71. The minimum absolute atomic E-state index is 0.0259. The fraction of sp³-hybridized carbons (Fsp3) is 0.667. The Morgan fingerprint density at radius 3 is 3.00 bits per heavy atom. The topological polar surface area (TPSA) is 41.6 Å². The third kappa shape index (κ3) is 2.62. The van der Waals surface area contributed by atoms with Gasteiger partial charge in [0, 0.05) is 11.5 Å². The minimum Gasteiger partial charge on any atom is -0.379 e. The lowest BCUT2D eigenvalue weighted by molar-refractivity contribution is -0.132. The highest BCUT2D eigenvalue weighted by Crippen LogP contribution is 2.34. The van der Waals surface area contributed by atoms with Gasteiger partial charge in [-0.15, -0.1) is 11.3 Å². The van der Waals surface area contributed by atoms with Gasteiger partial charge >= 0.3 is 0 Å². The first kappa shape index (κ1) is 14.0. The molecule has 4 nitrogen and oxygen atoms in total. The van der Waals surface area contributed by atoms with Crippen molar-refractivity contribution >= 4 is 17.2 Å². The molecule has 3 rings (SSSR count). The molecule has 110 valence electrons. The van der Waals surface area contributed by atoms with Crippen LogP contribution in [0.15, 0.2) is 17.5 Å². The molecule has 0 aliphatic carbocycles. The van der Waals surface area contributed by atoms with E-state index in [2.05, 4.69) is 30.6 Å². The SMILES string of the molecule is CC(C)CC1NC(c2cccs2)N(C2CCOC2)C1=O. The van der Waals surface area contributed by atoms with E-state index in [0.717, 1.165) is 19.4 Å². The van der Waals surface area contributed by atoms with Crippen LogP contribution in [0.25, 0.3) is 0 Å². The first-order chi connectivity index (χ1) is 9.66. The molecule has 20 heavy (non-hydrogen) atoms. The zero-order chi connectivity index (χ0) is 14.1. The Hall–Kier alpha value is -0.910. The van der Waals surface area contributed by atoms with Crippen molar-refractivity contribution in [1.82, 2.24) is 10.2 Å². The highest BCUT2D eigenvalue weighted by atomic mass is 32.1. The molecule has 1 amide bonds. The van der Waals surface area contributed by atoms with Gasteiger partial charge in [-0.25, -0.2) is 0 Å². The van der Waals surface area contributed by atoms with Crippen molar-refractivity contribution < 1.29 is 9.53 Å². The van der Waals surface area contributed by atoms with Gasteiger partial charge in [0.1, 0.15) is 6.17 Å². The number of amides is 1. The van der Waals surface area contributed by atoms with E-state index < -0.39 is 0 Å². The molecule has 0 radical (unpaired) electrons. The summed E-state index contributed by atoms with van der Waals surface area (Å²) < 4.78 is 5.48. The van der Waals surface area contributed by atoms with Crippen molar-refractivity contribution in [2.45, 2.75) is 44.9 Å². The van der Waals surface area contributed by atoms with Crippen LogP contribution in [0.1, 0.15) is 37.7 Å². The number of carbonyl (C=O) groups excluding carboxylic acids is 1. The van der Waals surface area contributed by atoms with Crippen molar-refractivity contribution in [3.8, 4) is 0 Å². The van der Waals surface area contributed by atoms with Gasteiger partial charge in [-0.1, -0.05) is 19.9 Å². The number of nitrogens with zero attached hydrogens (tertiary/aromatic N) is 1. The second kappa shape index (κ2) is 5.84. The first-order valence-corrected chi connectivity index (χ1v) is 8.24. The smallest absolute Gasteiger partial charge is 0.241 e. The molecule has 2 fully saturated rings. The average molecular weight is 294 g/mol. The van der Waals surface area contributed by atoms with Gasteiger partial charge in [0.2, 0.25) is 5.91 Å². The second-order valence-corrected chi connectivity index (χ2v) is 7.01. The van der Waals surface area contributed by atoms with Crippen LogP contribution in [0.5, 0.6) is 0 Å². The maximum atomic E-state index is 12.7. The molecule has 3 heterocycles. The molecule has 0 bridgehead atoms. The molecule has 0 aromatic carbocycles. The summed E-state index contributed by atoms with van der Waals surface area (Å²) in [6, 6.07) is 4.32. The largest absolute Gasteiger partial charge is 0.379 e. The molecule has 2 aliphatic rings. The highest BCUT2D eigenvalue weighted by Gasteiger charge is 2.44. The maximum Gasteiger partial charge on any atom is 0.241 e. The van der Waals surface area contributed by atoms with Gasteiger partial charge in [-0.05, 0) is 30.2 Å². The highest BCUT2D eigenvalue weighted by molar-refractivity contribution is 7.10. The molecule has 0 spiro atoms. The van der Waals surface area contributed by atoms with Gasteiger partial charge in [0.15, 0.2) is 0 Å². The third-order valence-corrected chi connectivity index (χ3v) is 4.93. The van der Waals surface area contributed by atoms with Gasteiger partial charge in [0.05, 0.1) is 18.7 Å². The van der Waals surface area contributed by atoms with Gasteiger partial charge in [-0.3, -0.25) is 10.1 Å². The molecule has 2 aliphatic heterocycles. The Kier molecular flexibility index (Phi) is 4.10. The number of hydrogen-bond donors (Lipinski definition) is 1. The van der Waals surface area contributed by atoms with Crippen LogP contribution in [-0.2, 0) is 9.53 Å². The van der Waals surface area contributed by atoms with Gasteiger partial charge in [-0.2, -0.15) is 0 Å². The number of nitrogens with one attached hydrogen (secondary N) is 1. The van der Waals surface area contributed by atoms with E-state index in [1.54, 1.807) is 11.3 Å². The van der Waals surface area contributed by atoms with Crippen LogP contribution in [0.4, 0.5) is 0 Å². The Morgan fingerprint density at radius 2 is 2.40 bits per heavy atom. The molecule has 1 aromatic heterocycles. The summed E-state index contributed by atoms with van der Waals surface area (Å²) in [7, 11) is 0. The molecular formula is C15H22N2O2S. The average Bonchev–Trinajstić information content (AvgIpc) is 3.10. The standard InChI is InChI=1S/C15H22N2O2S/c1-10(2)8-12-15(18)17(11-5-6-19-9-11)14(16-12)13-4-3-7-20-13/h3-4,7,10-12,14,16H,5-6,8-9H2,1-2H3. The molecule has 0 saturated carbocycles. The Morgan fingerprint density at radius 1 is 1.55 bits per heavy atom. The normalized spacial score (nSPS) is 30.6. The summed E-state index contributed by atoms with van der Waals surface area (Å²) in [6.45, 7) is 5.76. The van der Waals surface area contributed by atoms with E-state index in [0.29, 0.717) is 12.5 Å². The molecule has 5 heteroatoms. The monoisotopic (exact) mass is 294 g/mol. The molecule has 3 unspecified atom stereocenters. The lowest BCUT2D eigenvalue weighted by Crippen LogP contribution is -2.40. The fourth-order valence-corrected chi connectivity index (χ4v) is 3.87. The zero-order valence-electron chi connectivity index (χ0n) is 12.0. The number of thiophene rings is 1. The van der Waals surface area contributed by atoms with Crippen molar-refractivity contribution in [2.75, 3.05) is 13.2 Å². The molecule has 1 aromatic rings. The van der Waals surface area contributed by atoms with E-state index in [1.807, 2.05) is 11.0 Å². The van der Waals surface area contributed by atoms with Crippen molar-refractivity contribution in [3.63, 3.8) is 0 Å². The Labute approximate surface area is 124 Å². The van der Waals surface area contributed by atoms with Crippen molar-refractivity contribution in [1.29, 1.82) is 0 Å². The second-order valence-electron chi connectivity index (χ2n) is 6.03. The lowest BCUT2D eigenvalue weighted by atomic mass is 10.0. The number of hydrogen-bond acceptors (Lipinski definition) is 4. The van der Waals surface area contributed by atoms with Crippen LogP contribution in [0.2, 0.25) is 0 Å². The molecular weight excluding hydrogens is 272 g/mol. The summed E-state index contributed by atoms with van der Waals surface area (Å²) in [5.41, 5.74) is 0. The van der Waals surface area contributed by atoms with Crippen LogP contribution in [0.3, 0.4) is 0 Å². The molecule has 3 atom stereocenters. The zero-order valence-corrected chi connectivity index (χ0v) is 12.9. The van der Waals surface area contributed by atoms with Crippen molar-refractivity contribution in [3.05, 3.63) is 22.4 Å². The van der Waals surface area contributed by atoms with Crippen LogP contribution >= 0.6 is 11.3 Å². The number of rotatable bonds is 4. The Balaban J connectivity index is 1.84. The van der Waals surface area contributed by atoms with Gasteiger partial charge in [0.25, 0.3) is 0 Å². The van der Waals surface area contributed by atoms with E-state index in [-0.39, 0.29) is 24.2 Å². The maximum absolute atomic E-state index is 12.7. The quantitative estimate of drug-likeness (QED) is 0.927. The van der Waals surface area contributed by atoms with E-state index in [4.69, 9.17) is 4.74 Å². The summed E-state index contributed by atoms with van der Waals surface area (Å²) in [4.78, 5) is 16.0. The van der Waals surface area contributed by atoms with Gasteiger partial charge < -0.3 is 9.64 Å². The fourth-order valence-electron chi connectivity index (χ4n) is 3.09. The van der Waals surface area contributed by atoms with Crippen molar-refractivity contribution in [2.24, 2.45) is 5.92 Å². The predicted octanol–water partition coefficient (Wildman–Crippen LogP) is 2.38. The summed E-state index contributed by atoms with van der Waals surface area (Å²) in [5, 5.41) is 5.60. The number of ether oxygens (including phenoxy) is 1. The van der Waals surface area contributed by atoms with Crippen LogP contribution < -0.4 is 5.32 Å². The minimum atomic E-state index is -0.0531. The van der Waals surface area contributed by atoms with E-state index in [9.17, 15) is 4.79 Å². The molecule has 2 saturated heterocycles. The number of carbonyl (C=O) groups is 1. The van der Waals surface area contributed by atoms with E-state index in [1.165, 1.54) is 4.88 Å². The van der Waals surface area contributed by atoms with E-state index >= 15 is 0 Å². The summed E-state index contributed by atoms with van der Waals surface area (Å²) in [6.07, 6.45) is 1.87. The molecule has 1 N–H and O–H groups in total.